The zero-order valence-electron chi connectivity index (χ0n) is 14.7. The number of cyclic esters (lactones) is 1. The summed E-state index contributed by atoms with van der Waals surface area (Å²) in [6, 6.07) is 8.40. The Morgan fingerprint density at radius 2 is 2.12 bits per heavy atom. The fourth-order valence-electron chi connectivity index (χ4n) is 4.24. The molecule has 1 heterocycles. The number of carbonyl (C=O) groups is 2. The van der Waals surface area contributed by atoms with Gasteiger partial charge in [-0.2, -0.15) is 0 Å². The average Bonchev–Trinajstić information content (AvgIpc) is 2.85. The van der Waals surface area contributed by atoms with E-state index in [9.17, 15) is 9.59 Å². The molecule has 0 bridgehead atoms. The first-order valence-corrected chi connectivity index (χ1v) is 8.86. The van der Waals surface area contributed by atoms with E-state index >= 15 is 0 Å². The van der Waals surface area contributed by atoms with Crippen LogP contribution in [0.3, 0.4) is 0 Å². The normalized spacial score (nSPS) is 33.4. The lowest BCUT2D eigenvalue weighted by molar-refractivity contribution is -0.133. The van der Waals surface area contributed by atoms with Gasteiger partial charge in [0.25, 0.3) is 0 Å². The molecule has 4 rings (SSSR count). The van der Waals surface area contributed by atoms with Crippen molar-refractivity contribution < 1.29 is 19.1 Å². The zero-order chi connectivity index (χ0) is 17.6. The summed E-state index contributed by atoms with van der Waals surface area (Å²) in [6.45, 7) is 0.410. The molecule has 1 aromatic rings. The SMILES string of the molecule is COc1cccc(C2CC(NC(=O)C3CC4(COC(=O)N4C)C3)C2)c1. The minimum atomic E-state index is -0.279. The second kappa shape index (κ2) is 5.93. The molecule has 1 aliphatic heterocycles. The Bertz CT molecular complexity index is 692. The van der Waals surface area contributed by atoms with Crippen LogP contribution in [0.15, 0.2) is 24.3 Å². The van der Waals surface area contributed by atoms with E-state index in [1.165, 1.54) is 5.56 Å². The second-order valence-corrected chi connectivity index (χ2v) is 7.59. The quantitative estimate of drug-likeness (QED) is 0.910. The number of nitrogens with zero attached hydrogens (tertiary/aromatic N) is 1. The predicted molar refractivity (Wildman–Crippen MR) is 91.5 cm³/mol. The molecule has 2 saturated carbocycles. The number of rotatable bonds is 4. The number of methoxy groups -OCH3 is 1. The van der Waals surface area contributed by atoms with Crippen LogP contribution in [0.25, 0.3) is 0 Å². The molecule has 1 spiro atoms. The van der Waals surface area contributed by atoms with Crippen LogP contribution in [0, 0.1) is 5.92 Å². The summed E-state index contributed by atoms with van der Waals surface area (Å²) >= 11 is 0. The van der Waals surface area contributed by atoms with Crippen molar-refractivity contribution in [1.82, 2.24) is 10.2 Å². The maximum Gasteiger partial charge on any atom is 0.410 e. The highest BCUT2D eigenvalue weighted by atomic mass is 16.6. The van der Waals surface area contributed by atoms with Crippen molar-refractivity contribution in [3.63, 3.8) is 0 Å². The van der Waals surface area contributed by atoms with Gasteiger partial charge < -0.3 is 19.7 Å². The monoisotopic (exact) mass is 344 g/mol. The summed E-state index contributed by atoms with van der Waals surface area (Å²) in [7, 11) is 3.43. The minimum Gasteiger partial charge on any atom is -0.497 e. The van der Waals surface area contributed by atoms with Crippen LogP contribution in [0.1, 0.15) is 37.2 Å². The molecule has 0 atom stereocenters. The number of hydrogen-bond acceptors (Lipinski definition) is 4. The van der Waals surface area contributed by atoms with E-state index in [4.69, 9.17) is 9.47 Å². The Morgan fingerprint density at radius 1 is 1.36 bits per heavy atom. The smallest absolute Gasteiger partial charge is 0.410 e. The molecule has 3 fully saturated rings. The molecule has 134 valence electrons. The number of hydrogen-bond donors (Lipinski definition) is 1. The molecule has 6 heteroatoms. The Kier molecular flexibility index (Phi) is 3.85. The fourth-order valence-corrected chi connectivity index (χ4v) is 4.24. The van der Waals surface area contributed by atoms with Gasteiger partial charge in [0.05, 0.1) is 12.6 Å². The lowest BCUT2D eigenvalue weighted by Crippen LogP contribution is -2.59. The summed E-state index contributed by atoms with van der Waals surface area (Å²) in [5.74, 6) is 1.47. The lowest BCUT2D eigenvalue weighted by Gasteiger charge is -2.47. The highest BCUT2D eigenvalue weighted by Gasteiger charge is 2.56. The van der Waals surface area contributed by atoms with Crippen LogP contribution in [-0.2, 0) is 9.53 Å². The van der Waals surface area contributed by atoms with Gasteiger partial charge in [-0.15, -0.1) is 0 Å². The van der Waals surface area contributed by atoms with Gasteiger partial charge in [0.2, 0.25) is 5.91 Å². The van der Waals surface area contributed by atoms with Crippen molar-refractivity contribution in [2.75, 3.05) is 20.8 Å². The lowest BCUT2D eigenvalue weighted by atomic mass is 9.67. The first-order chi connectivity index (χ1) is 12.0. The van der Waals surface area contributed by atoms with Gasteiger partial charge in [-0.3, -0.25) is 4.79 Å². The number of nitrogens with one attached hydrogen (secondary N) is 1. The Labute approximate surface area is 147 Å². The summed E-state index contributed by atoms with van der Waals surface area (Å²) in [6.07, 6.45) is 3.07. The van der Waals surface area contributed by atoms with Crippen molar-refractivity contribution in [3.8, 4) is 5.75 Å². The highest BCUT2D eigenvalue weighted by molar-refractivity contribution is 5.81. The number of likely N-dealkylation sites (N-methyl/N-ethyl adjacent to an activating group) is 1. The zero-order valence-corrected chi connectivity index (χ0v) is 14.7. The number of amides is 2. The van der Waals surface area contributed by atoms with Crippen molar-refractivity contribution in [2.45, 2.75) is 43.2 Å². The minimum absolute atomic E-state index is 0.00665. The first-order valence-electron chi connectivity index (χ1n) is 8.86. The van der Waals surface area contributed by atoms with Gasteiger partial charge in [0, 0.05) is 19.0 Å². The Morgan fingerprint density at radius 3 is 2.76 bits per heavy atom. The third-order valence-electron chi connectivity index (χ3n) is 6.12. The van der Waals surface area contributed by atoms with E-state index in [1.54, 1.807) is 19.1 Å². The van der Waals surface area contributed by atoms with Gasteiger partial charge in [0.15, 0.2) is 0 Å². The molecule has 0 aromatic heterocycles. The van der Waals surface area contributed by atoms with E-state index in [1.807, 2.05) is 12.1 Å². The standard InChI is InChI=1S/C19H24N2O4/c1-21-18(23)25-11-19(21)9-14(10-19)17(22)20-15-6-13(7-15)12-4-3-5-16(8-12)24-2/h3-5,8,13-15H,6-7,9-11H2,1-2H3,(H,20,22). The van der Waals surface area contributed by atoms with Gasteiger partial charge in [-0.1, -0.05) is 12.1 Å². The fraction of sp³-hybridized carbons (Fsp3) is 0.579. The van der Waals surface area contributed by atoms with E-state index in [0.29, 0.717) is 25.4 Å². The first kappa shape index (κ1) is 16.2. The number of carbonyl (C=O) groups excluding carboxylic acids is 2. The topological polar surface area (TPSA) is 67.9 Å². The van der Waals surface area contributed by atoms with Crippen molar-refractivity contribution >= 4 is 12.0 Å². The molecule has 2 amide bonds. The largest absolute Gasteiger partial charge is 0.497 e. The molecule has 0 radical (unpaired) electrons. The molecule has 1 N–H and O–H groups in total. The summed E-state index contributed by atoms with van der Waals surface area (Å²) in [4.78, 5) is 25.6. The molecule has 25 heavy (non-hydrogen) atoms. The van der Waals surface area contributed by atoms with Crippen LogP contribution >= 0.6 is 0 Å². The van der Waals surface area contributed by atoms with Crippen molar-refractivity contribution in [3.05, 3.63) is 29.8 Å². The van der Waals surface area contributed by atoms with Crippen LogP contribution in [-0.4, -0.2) is 49.2 Å². The predicted octanol–water partition coefficient (Wildman–Crippen LogP) is 2.29. The molecule has 1 saturated heterocycles. The number of ether oxygens (including phenoxy) is 2. The molecule has 2 aliphatic carbocycles. The average molecular weight is 344 g/mol. The Balaban J connectivity index is 1.25. The van der Waals surface area contributed by atoms with Gasteiger partial charge in [-0.05, 0) is 49.3 Å². The molecular formula is C19H24N2O4. The van der Waals surface area contributed by atoms with Gasteiger partial charge in [-0.25, -0.2) is 4.79 Å². The summed E-state index contributed by atoms with van der Waals surface area (Å²) in [5, 5.41) is 3.16. The van der Waals surface area contributed by atoms with E-state index in [2.05, 4.69) is 17.4 Å². The molecule has 3 aliphatic rings. The molecule has 6 nitrogen and oxygen atoms in total. The number of benzene rings is 1. The van der Waals surface area contributed by atoms with Gasteiger partial charge in [0.1, 0.15) is 12.4 Å². The maximum absolute atomic E-state index is 12.4. The maximum atomic E-state index is 12.4. The Hall–Kier alpha value is -2.24. The third kappa shape index (κ3) is 2.73. The van der Waals surface area contributed by atoms with Crippen molar-refractivity contribution in [2.24, 2.45) is 5.92 Å². The van der Waals surface area contributed by atoms with Crippen LogP contribution in [0.5, 0.6) is 5.75 Å². The van der Waals surface area contributed by atoms with Gasteiger partial charge >= 0.3 is 6.09 Å². The van der Waals surface area contributed by atoms with Crippen LogP contribution < -0.4 is 10.1 Å². The highest BCUT2D eigenvalue weighted by Crippen LogP contribution is 2.46. The van der Waals surface area contributed by atoms with Crippen LogP contribution in [0.2, 0.25) is 0 Å². The van der Waals surface area contributed by atoms with E-state index in [-0.39, 0.29) is 29.5 Å². The third-order valence-corrected chi connectivity index (χ3v) is 6.12. The summed E-state index contributed by atoms with van der Waals surface area (Å²) in [5.41, 5.74) is 1.03. The summed E-state index contributed by atoms with van der Waals surface area (Å²) < 4.78 is 10.4. The second-order valence-electron chi connectivity index (χ2n) is 7.59. The molecule has 1 aromatic carbocycles. The molecule has 0 unspecified atom stereocenters. The van der Waals surface area contributed by atoms with E-state index < -0.39 is 0 Å². The molecular weight excluding hydrogens is 320 g/mol. The van der Waals surface area contributed by atoms with E-state index in [0.717, 1.165) is 18.6 Å². The van der Waals surface area contributed by atoms with Crippen molar-refractivity contribution in [1.29, 1.82) is 0 Å². The van der Waals surface area contributed by atoms with Crippen LogP contribution in [0.4, 0.5) is 4.79 Å².